The second-order valence-corrected chi connectivity index (χ2v) is 9.42. The summed E-state index contributed by atoms with van der Waals surface area (Å²) in [5.74, 6) is -1.38. The summed E-state index contributed by atoms with van der Waals surface area (Å²) in [6, 6.07) is 8.10. The third-order valence-electron chi connectivity index (χ3n) is 6.37. The zero-order chi connectivity index (χ0) is 25.0. The van der Waals surface area contributed by atoms with Gasteiger partial charge in [-0.25, -0.2) is 4.79 Å². The maximum absolute atomic E-state index is 12.9. The summed E-state index contributed by atoms with van der Waals surface area (Å²) in [7, 11) is 0. The van der Waals surface area contributed by atoms with Crippen LogP contribution in [-0.2, 0) is 16.0 Å². The molecule has 1 amide bonds. The van der Waals surface area contributed by atoms with Gasteiger partial charge in [-0.1, -0.05) is 114 Å². The summed E-state index contributed by atoms with van der Waals surface area (Å²) in [4.78, 5) is 26.1. The fourth-order valence-electron chi connectivity index (χ4n) is 4.29. The van der Waals surface area contributed by atoms with E-state index in [2.05, 4.69) is 6.92 Å². The van der Waals surface area contributed by atoms with Gasteiger partial charge in [0.15, 0.2) is 0 Å². The Morgan fingerprint density at radius 1 is 0.824 bits per heavy atom. The number of unbranched alkanes of at least 4 members (excludes halogenated alkanes) is 12. The normalized spacial score (nSPS) is 12.9. The molecule has 1 unspecified atom stereocenters. The van der Waals surface area contributed by atoms with Crippen molar-refractivity contribution in [1.82, 2.24) is 4.90 Å². The number of hydrogen-bond donors (Lipinski definition) is 3. The van der Waals surface area contributed by atoms with Gasteiger partial charge in [0.25, 0.3) is 0 Å². The molecule has 6 nitrogen and oxygen atoms in total. The third-order valence-corrected chi connectivity index (χ3v) is 6.37. The lowest BCUT2D eigenvalue weighted by Gasteiger charge is -2.31. The van der Waals surface area contributed by atoms with Gasteiger partial charge in [-0.3, -0.25) is 4.79 Å². The average Bonchev–Trinajstić information content (AvgIpc) is 2.84. The molecule has 0 radical (unpaired) electrons. The van der Waals surface area contributed by atoms with Gasteiger partial charge in [-0.05, 0) is 12.0 Å². The van der Waals surface area contributed by atoms with Crippen LogP contribution in [0.2, 0.25) is 0 Å². The summed E-state index contributed by atoms with van der Waals surface area (Å²) < 4.78 is 0. The van der Waals surface area contributed by atoms with Gasteiger partial charge in [0.05, 0.1) is 12.7 Å². The summed E-state index contributed by atoms with van der Waals surface area (Å²) >= 11 is 0. The minimum Gasteiger partial charge on any atom is -0.480 e. The number of carbonyl (C=O) groups is 2. The monoisotopic (exact) mass is 477 g/mol. The SMILES string of the molecule is CCCCCCCCCCCCCCCC(=O)N(CC(O)CO)[C@@H](Cc1ccccc1)C(=O)O. The van der Waals surface area contributed by atoms with Crippen molar-refractivity contribution < 1.29 is 24.9 Å². The van der Waals surface area contributed by atoms with Crippen molar-refractivity contribution in [2.75, 3.05) is 13.2 Å². The van der Waals surface area contributed by atoms with Crippen molar-refractivity contribution in [1.29, 1.82) is 0 Å². The molecule has 194 valence electrons. The molecule has 0 saturated carbocycles. The van der Waals surface area contributed by atoms with Gasteiger partial charge in [-0.2, -0.15) is 0 Å². The number of carboxylic acid groups (broad SMARTS) is 1. The molecular weight excluding hydrogens is 430 g/mol. The van der Waals surface area contributed by atoms with E-state index in [1.54, 1.807) is 0 Å². The molecule has 1 rings (SSSR count). The Morgan fingerprint density at radius 2 is 1.32 bits per heavy atom. The number of carboxylic acids is 1. The summed E-state index contributed by atoms with van der Waals surface area (Å²) in [6.07, 6.45) is 15.0. The molecule has 0 saturated heterocycles. The number of aliphatic hydroxyl groups excluding tert-OH is 2. The molecule has 34 heavy (non-hydrogen) atoms. The van der Waals surface area contributed by atoms with Crippen molar-refractivity contribution in [3.63, 3.8) is 0 Å². The van der Waals surface area contributed by atoms with E-state index in [1.807, 2.05) is 30.3 Å². The van der Waals surface area contributed by atoms with Crippen LogP contribution in [0, 0.1) is 0 Å². The van der Waals surface area contributed by atoms with Crippen molar-refractivity contribution in [2.24, 2.45) is 0 Å². The Morgan fingerprint density at radius 3 is 1.79 bits per heavy atom. The van der Waals surface area contributed by atoms with Crippen LogP contribution in [0.5, 0.6) is 0 Å². The van der Waals surface area contributed by atoms with Crippen LogP contribution in [0.25, 0.3) is 0 Å². The van der Waals surface area contributed by atoms with Crippen molar-refractivity contribution in [2.45, 2.75) is 115 Å². The first-order chi connectivity index (χ1) is 16.5. The van der Waals surface area contributed by atoms with Gasteiger partial charge in [0.1, 0.15) is 6.04 Å². The lowest BCUT2D eigenvalue weighted by molar-refractivity contribution is -0.151. The molecule has 6 heteroatoms. The smallest absolute Gasteiger partial charge is 0.326 e. The van der Waals surface area contributed by atoms with Gasteiger partial charge in [0.2, 0.25) is 5.91 Å². The molecule has 1 aromatic carbocycles. The van der Waals surface area contributed by atoms with E-state index < -0.39 is 24.7 Å². The van der Waals surface area contributed by atoms with E-state index in [1.165, 1.54) is 69.1 Å². The highest BCUT2D eigenvalue weighted by molar-refractivity contribution is 5.84. The minimum absolute atomic E-state index is 0.165. The van der Waals surface area contributed by atoms with E-state index in [0.29, 0.717) is 6.42 Å². The average molecular weight is 478 g/mol. The predicted molar refractivity (Wildman–Crippen MR) is 137 cm³/mol. The molecular formula is C28H47NO5. The highest BCUT2D eigenvalue weighted by Gasteiger charge is 2.31. The number of hydrogen-bond acceptors (Lipinski definition) is 4. The van der Waals surface area contributed by atoms with Crippen LogP contribution in [0.15, 0.2) is 30.3 Å². The van der Waals surface area contributed by atoms with Crippen LogP contribution in [0.3, 0.4) is 0 Å². The largest absolute Gasteiger partial charge is 0.480 e. The van der Waals surface area contributed by atoms with E-state index in [0.717, 1.165) is 18.4 Å². The molecule has 0 aliphatic heterocycles. The van der Waals surface area contributed by atoms with Gasteiger partial charge in [-0.15, -0.1) is 0 Å². The number of aliphatic carboxylic acids is 1. The second kappa shape index (κ2) is 19.4. The maximum atomic E-state index is 12.9. The molecule has 0 aliphatic rings. The molecule has 0 aliphatic carbocycles. The number of amides is 1. The Kier molecular flexibility index (Phi) is 17.2. The molecule has 0 fully saturated rings. The highest BCUT2D eigenvalue weighted by Crippen LogP contribution is 2.16. The van der Waals surface area contributed by atoms with Crippen LogP contribution >= 0.6 is 0 Å². The van der Waals surface area contributed by atoms with Crippen LogP contribution in [-0.4, -0.2) is 57.4 Å². The first-order valence-electron chi connectivity index (χ1n) is 13.3. The number of aliphatic hydroxyl groups is 2. The first-order valence-corrected chi connectivity index (χ1v) is 13.3. The summed E-state index contributed by atoms with van der Waals surface area (Å²) in [5, 5.41) is 28.9. The quantitative estimate of drug-likeness (QED) is 0.207. The second-order valence-electron chi connectivity index (χ2n) is 9.42. The molecule has 0 heterocycles. The van der Waals surface area contributed by atoms with Gasteiger partial charge < -0.3 is 20.2 Å². The lowest BCUT2D eigenvalue weighted by Crippen LogP contribution is -2.50. The Balaban J connectivity index is 2.37. The van der Waals surface area contributed by atoms with Crippen molar-refractivity contribution >= 4 is 11.9 Å². The molecule has 0 bridgehead atoms. The van der Waals surface area contributed by atoms with Crippen LogP contribution in [0.4, 0.5) is 0 Å². The molecule has 3 N–H and O–H groups in total. The summed E-state index contributed by atoms with van der Waals surface area (Å²) in [6.45, 7) is 1.55. The van der Waals surface area contributed by atoms with Crippen LogP contribution < -0.4 is 0 Å². The topological polar surface area (TPSA) is 98.1 Å². The minimum atomic E-state index is -1.16. The van der Waals surface area contributed by atoms with Crippen molar-refractivity contribution in [3.05, 3.63) is 35.9 Å². The van der Waals surface area contributed by atoms with E-state index in [-0.39, 0.29) is 25.3 Å². The highest BCUT2D eigenvalue weighted by atomic mass is 16.4. The van der Waals surface area contributed by atoms with Crippen LogP contribution in [0.1, 0.15) is 102 Å². The Bertz CT molecular complexity index is 651. The number of nitrogens with zero attached hydrogens (tertiary/aromatic N) is 1. The molecule has 0 spiro atoms. The molecule has 1 aromatic rings. The predicted octanol–water partition coefficient (Wildman–Crippen LogP) is 5.35. The Hall–Kier alpha value is -1.92. The third kappa shape index (κ3) is 13.7. The zero-order valence-electron chi connectivity index (χ0n) is 21.2. The fraction of sp³-hybridized carbons (Fsp3) is 0.714. The van der Waals surface area contributed by atoms with Gasteiger partial charge >= 0.3 is 5.97 Å². The van der Waals surface area contributed by atoms with Crippen molar-refractivity contribution in [3.8, 4) is 0 Å². The molecule has 0 aromatic heterocycles. The number of carbonyl (C=O) groups excluding carboxylic acids is 1. The first kappa shape index (κ1) is 30.1. The standard InChI is InChI=1S/C28H47NO5/c1-2-3-4-5-6-7-8-9-10-11-12-13-17-20-27(32)29(22-25(31)23-30)26(28(33)34)21-24-18-15-14-16-19-24/h14-16,18-19,25-26,30-31H,2-13,17,20-23H2,1H3,(H,33,34)/t25?,26-/m0/s1. The summed E-state index contributed by atoms with van der Waals surface area (Å²) in [5.41, 5.74) is 0.812. The van der Waals surface area contributed by atoms with E-state index in [4.69, 9.17) is 0 Å². The number of benzene rings is 1. The Labute approximate surface area is 206 Å². The lowest BCUT2D eigenvalue weighted by atomic mass is 10.0. The number of rotatable bonds is 21. The fourth-order valence-corrected chi connectivity index (χ4v) is 4.29. The zero-order valence-corrected chi connectivity index (χ0v) is 21.2. The molecule has 2 atom stereocenters. The van der Waals surface area contributed by atoms with E-state index in [9.17, 15) is 24.9 Å². The van der Waals surface area contributed by atoms with E-state index >= 15 is 0 Å². The maximum Gasteiger partial charge on any atom is 0.326 e. The van der Waals surface area contributed by atoms with Gasteiger partial charge in [0, 0.05) is 19.4 Å².